The Balaban J connectivity index is 1.77. The first-order chi connectivity index (χ1) is 15.1. The summed E-state index contributed by atoms with van der Waals surface area (Å²) in [6, 6.07) is 19.1. The van der Waals surface area contributed by atoms with Gasteiger partial charge in [0.25, 0.3) is 0 Å². The molecule has 0 amide bonds. The summed E-state index contributed by atoms with van der Waals surface area (Å²) in [7, 11) is 0. The number of para-hydroxylation sites is 1. The van der Waals surface area contributed by atoms with E-state index in [2.05, 4.69) is 12.1 Å². The van der Waals surface area contributed by atoms with Gasteiger partial charge in [-0.15, -0.1) is 0 Å². The van der Waals surface area contributed by atoms with Gasteiger partial charge < -0.3 is 9.32 Å². The summed E-state index contributed by atoms with van der Waals surface area (Å²) < 4.78 is 19.1. The van der Waals surface area contributed by atoms with Crippen LogP contribution in [0.15, 0.2) is 77.4 Å². The molecule has 2 aliphatic heterocycles. The van der Waals surface area contributed by atoms with Gasteiger partial charge in [0.15, 0.2) is 11.2 Å². The lowest BCUT2D eigenvalue weighted by Gasteiger charge is -2.35. The minimum absolute atomic E-state index is 0.302. The Kier molecular flexibility index (Phi) is 4.23. The molecule has 0 N–H and O–H groups in total. The third-order valence-electron chi connectivity index (χ3n) is 6.16. The molecule has 31 heavy (non-hydrogen) atoms. The fourth-order valence-electron chi connectivity index (χ4n) is 4.80. The number of Topliss-reactive ketones (excluding diaryl/α,β-unsaturated/α-hetero) is 1. The van der Waals surface area contributed by atoms with Crippen LogP contribution in [0.2, 0.25) is 0 Å². The van der Waals surface area contributed by atoms with E-state index in [1.54, 1.807) is 12.1 Å². The summed E-state index contributed by atoms with van der Waals surface area (Å²) >= 11 is 0. The van der Waals surface area contributed by atoms with Gasteiger partial charge in [0, 0.05) is 11.3 Å². The van der Waals surface area contributed by atoms with E-state index >= 15 is 0 Å². The minimum Gasteiger partial charge on any atom is -0.469 e. The molecular weight excluding hydrogens is 393 g/mol. The molecule has 1 aromatic heterocycles. The van der Waals surface area contributed by atoms with Crippen LogP contribution in [0.3, 0.4) is 0 Å². The molecule has 2 aliphatic rings. The second-order valence-corrected chi connectivity index (χ2v) is 7.67. The Labute approximate surface area is 178 Å². The second-order valence-electron chi connectivity index (χ2n) is 7.67. The van der Waals surface area contributed by atoms with E-state index in [9.17, 15) is 19.7 Å². The van der Waals surface area contributed by atoms with Crippen LogP contribution in [-0.2, 0) is 0 Å². The standard InChI is InChI=1S/C25H16FN3O2/c26-18-10-7-17(8-11-18)24(30)23-22(20-6-3-13-31-20)25(14-27,15-28)21-12-9-16-4-1-2-5-19(16)29(21)23/h1-13,21-23H/t21-,22+,23-/m1/s1. The van der Waals surface area contributed by atoms with Gasteiger partial charge >= 0.3 is 0 Å². The monoisotopic (exact) mass is 409 g/mol. The number of nitrogens with zero attached hydrogens (tertiary/aromatic N) is 3. The predicted molar refractivity (Wildman–Crippen MR) is 111 cm³/mol. The molecule has 0 radical (unpaired) electrons. The van der Waals surface area contributed by atoms with Crippen molar-refractivity contribution in [3.8, 4) is 12.1 Å². The van der Waals surface area contributed by atoms with E-state index < -0.39 is 29.2 Å². The zero-order chi connectivity index (χ0) is 21.6. The van der Waals surface area contributed by atoms with Crippen LogP contribution in [0.5, 0.6) is 0 Å². The number of ketones is 1. The molecule has 0 bridgehead atoms. The zero-order valence-electron chi connectivity index (χ0n) is 16.3. The Bertz CT molecular complexity index is 1250. The molecule has 0 spiro atoms. The first-order valence-electron chi connectivity index (χ1n) is 9.82. The van der Waals surface area contributed by atoms with Crippen molar-refractivity contribution in [2.24, 2.45) is 5.41 Å². The quantitative estimate of drug-likeness (QED) is 0.586. The molecule has 1 saturated heterocycles. The topological polar surface area (TPSA) is 81.0 Å². The van der Waals surface area contributed by atoms with Gasteiger partial charge in [0.2, 0.25) is 0 Å². The number of hydrogen-bond acceptors (Lipinski definition) is 5. The van der Waals surface area contributed by atoms with Crippen molar-refractivity contribution >= 4 is 17.5 Å². The van der Waals surface area contributed by atoms with Gasteiger partial charge in [-0.2, -0.15) is 10.5 Å². The van der Waals surface area contributed by atoms with E-state index in [-0.39, 0.29) is 5.78 Å². The highest BCUT2D eigenvalue weighted by atomic mass is 19.1. The number of nitriles is 2. The zero-order valence-corrected chi connectivity index (χ0v) is 16.3. The molecule has 1 fully saturated rings. The summed E-state index contributed by atoms with van der Waals surface area (Å²) in [5.74, 6) is -1.19. The Morgan fingerprint density at radius 1 is 1.03 bits per heavy atom. The van der Waals surface area contributed by atoms with E-state index in [0.717, 1.165) is 11.3 Å². The Morgan fingerprint density at radius 2 is 1.77 bits per heavy atom. The highest BCUT2D eigenvalue weighted by Crippen LogP contribution is 2.55. The van der Waals surface area contributed by atoms with Crippen molar-refractivity contribution in [3.63, 3.8) is 0 Å². The number of halogens is 1. The number of hydrogen-bond donors (Lipinski definition) is 0. The van der Waals surface area contributed by atoms with Crippen molar-refractivity contribution in [2.75, 3.05) is 4.90 Å². The van der Waals surface area contributed by atoms with E-state index in [4.69, 9.17) is 4.42 Å². The fraction of sp³-hybridized carbons (Fsp3) is 0.160. The lowest BCUT2D eigenvalue weighted by molar-refractivity contribution is 0.0946. The first-order valence-corrected chi connectivity index (χ1v) is 9.82. The van der Waals surface area contributed by atoms with E-state index in [1.807, 2.05) is 41.3 Å². The molecule has 0 aliphatic carbocycles. The molecular formula is C25H16FN3O2. The molecule has 5 rings (SSSR count). The number of carbonyl (C=O) groups is 1. The molecule has 3 heterocycles. The fourth-order valence-corrected chi connectivity index (χ4v) is 4.80. The molecule has 2 aromatic carbocycles. The Hall–Kier alpha value is -4.16. The van der Waals surface area contributed by atoms with Gasteiger partial charge in [-0.3, -0.25) is 4.79 Å². The summed E-state index contributed by atoms with van der Waals surface area (Å²) in [5.41, 5.74) is 0.405. The summed E-state index contributed by atoms with van der Waals surface area (Å²) in [5, 5.41) is 20.5. The summed E-state index contributed by atoms with van der Waals surface area (Å²) in [6.45, 7) is 0. The number of benzene rings is 2. The third-order valence-corrected chi connectivity index (χ3v) is 6.16. The molecule has 150 valence electrons. The second kappa shape index (κ2) is 6.97. The maximum atomic E-state index is 13.8. The highest BCUT2D eigenvalue weighted by molar-refractivity contribution is 6.04. The van der Waals surface area contributed by atoms with Crippen LogP contribution in [0.25, 0.3) is 6.08 Å². The van der Waals surface area contributed by atoms with Gasteiger partial charge in [-0.05, 0) is 48.0 Å². The van der Waals surface area contributed by atoms with Gasteiger partial charge in [-0.25, -0.2) is 4.39 Å². The maximum Gasteiger partial charge on any atom is 0.186 e. The van der Waals surface area contributed by atoms with Gasteiger partial charge in [-0.1, -0.05) is 30.4 Å². The van der Waals surface area contributed by atoms with Crippen molar-refractivity contribution in [2.45, 2.75) is 18.0 Å². The van der Waals surface area contributed by atoms with Crippen molar-refractivity contribution < 1.29 is 13.6 Å². The normalized spacial score (nSPS) is 22.8. The Morgan fingerprint density at radius 3 is 2.45 bits per heavy atom. The van der Waals surface area contributed by atoms with E-state index in [1.165, 1.54) is 30.5 Å². The molecule has 5 nitrogen and oxygen atoms in total. The molecule has 3 atom stereocenters. The van der Waals surface area contributed by atoms with Gasteiger partial charge in [0.1, 0.15) is 17.6 Å². The van der Waals surface area contributed by atoms with Crippen molar-refractivity contribution in [3.05, 3.63) is 95.7 Å². The largest absolute Gasteiger partial charge is 0.469 e. The number of rotatable bonds is 3. The minimum atomic E-state index is -1.55. The van der Waals surface area contributed by atoms with Crippen LogP contribution in [0.1, 0.15) is 27.6 Å². The highest BCUT2D eigenvalue weighted by Gasteiger charge is 2.64. The van der Waals surface area contributed by atoms with Crippen LogP contribution < -0.4 is 4.90 Å². The summed E-state index contributed by atoms with van der Waals surface area (Å²) in [4.78, 5) is 15.6. The predicted octanol–water partition coefficient (Wildman–Crippen LogP) is 4.70. The third kappa shape index (κ3) is 2.62. The molecule has 0 saturated carbocycles. The number of anilines is 1. The average molecular weight is 409 g/mol. The average Bonchev–Trinajstić information content (AvgIpc) is 3.43. The van der Waals surface area contributed by atoms with Gasteiger partial charge in [0.05, 0.1) is 30.4 Å². The lowest BCUT2D eigenvalue weighted by atomic mass is 9.71. The van der Waals surface area contributed by atoms with Crippen LogP contribution in [0.4, 0.5) is 10.1 Å². The van der Waals surface area contributed by atoms with Crippen LogP contribution >= 0.6 is 0 Å². The van der Waals surface area contributed by atoms with Crippen LogP contribution in [-0.4, -0.2) is 17.9 Å². The first kappa shape index (κ1) is 18.8. The molecule has 0 unspecified atom stereocenters. The van der Waals surface area contributed by atoms with Crippen molar-refractivity contribution in [1.29, 1.82) is 10.5 Å². The number of fused-ring (bicyclic) bond motifs is 3. The van der Waals surface area contributed by atoms with Crippen LogP contribution in [0, 0.1) is 33.9 Å². The van der Waals surface area contributed by atoms with Crippen molar-refractivity contribution in [1.82, 2.24) is 0 Å². The summed E-state index contributed by atoms with van der Waals surface area (Å²) in [6.07, 6.45) is 5.15. The maximum absolute atomic E-state index is 13.8. The molecule has 3 aromatic rings. The van der Waals surface area contributed by atoms with E-state index in [0.29, 0.717) is 11.3 Å². The lowest BCUT2D eigenvalue weighted by Crippen LogP contribution is -2.44. The SMILES string of the molecule is N#CC1(C#N)[C@@H](c2ccco2)[C@H](C(=O)c2ccc(F)cc2)N2c3ccccc3C=C[C@@H]21. The smallest absolute Gasteiger partial charge is 0.186 e. The number of carbonyl (C=O) groups excluding carboxylic acids is 1. The number of furan rings is 1. The molecule has 6 heteroatoms.